The standard InChI is InChI=1S/C13H17N5S/c1-18-8-3-2-5-11(18)10-9-19-13(16-10)17-12-14-6-4-7-15-12/h4,6-7,9,11H,2-3,5,8H2,1H3,(H,14,15,16,17). The maximum atomic E-state index is 4.67. The maximum Gasteiger partial charge on any atom is 0.228 e. The number of piperidine rings is 1. The Bertz CT molecular complexity index is 527. The average Bonchev–Trinajstić information content (AvgIpc) is 2.89. The predicted octanol–water partition coefficient (Wildman–Crippen LogP) is 2.83. The molecule has 19 heavy (non-hydrogen) atoms. The van der Waals surface area contributed by atoms with Gasteiger partial charge in [-0.05, 0) is 32.5 Å². The number of nitrogens with one attached hydrogen (secondary N) is 1. The van der Waals surface area contributed by atoms with Crippen LogP contribution in [0.25, 0.3) is 0 Å². The molecule has 3 heterocycles. The van der Waals surface area contributed by atoms with Gasteiger partial charge in [0.05, 0.1) is 11.7 Å². The van der Waals surface area contributed by atoms with Gasteiger partial charge < -0.3 is 5.32 Å². The normalized spacial score (nSPS) is 20.4. The second-order valence-corrected chi connectivity index (χ2v) is 5.63. The summed E-state index contributed by atoms with van der Waals surface area (Å²) in [5, 5.41) is 6.14. The number of nitrogens with zero attached hydrogens (tertiary/aromatic N) is 4. The molecule has 1 aliphatic rings. The zero-order chi connectivity index (χ0) is 13.1. The fraction of sp³-hybridized carbons (Fsp3) is 0.462. The minimum atomic E-state index is 0.456. The summed E-state index contributed by atoms with van der Waals surface area (Å²) >= 11 is 1.61. The van der Waals surface area contributed by atoms with Crippen LogP contribution in [0.4, 0.5) is 11.1 Å². The summed E-state index contributed by atoms with van der Waals surface area (Å²) in [5.41, 5.74) is 1.16. The molecular weight excluding hydrogens is 258 g/mol. The van der Waals surface area contributed by atoms with Gasteiger partial charge >= 0.3 is 0 Å². The Morgan fingerprint density at radius 1 is 1.32 bits per heavy atom. The van der Waals surface area contributed by atoms with Crippen molar-refractivity contribution in [3.8, 4) is 0 Å². The van der Waals surface area contributed by atoms with Gasteiger partial charge in [0.2, 0.25) is 5.95 Å². The molecule has 1 aliphatic heterocycles. The van der Waals surface area contributed by atoms with Gasteiger partial charge in [-0.2, -0.15) is 0 Å². The summed E-state index contributed by atoms with van der Waals surface area (Å²) in [6.07, 6.45) is 7.22. The average molecular weight is 275 g/mol. The molecule has 1 atom stereocenters. The fourth-order valence-electron chi connectivity index (χ4n) is 2.40. The molecule has 1 saturated heterocycles. The lowest BCUT2D eigenvalue weighted by atomic mass is 10.0. The molecule has 0 radical (unpaired) electrons. The van der Waals surface area contributed by atoms with E-state index in [0.29, 0.717) is 12.0 Å². The first-order valence-electron chi connectivity index (χ1n) is 6.52. The molecule has 0 amide bonds. The third-order valence-corrected chi connectivity index (χ3v) is 4.19. The molecule has 0 aliphatic carbocycles. The lowest BCUT2D eigenvalue weighted by Gasteiger charge is -2.31. The Balaban J connectivity index is 1.72. The van der Waals surface area contributed by atoms with Gasteiger partial charge in [0, 0.05) is 17.8 Å². The number of aromatic nitrogens is 3. The minimum absolute atomic E-state index is 0.456. The topological polar surface area (TPSA) is 53.9 Å². The Hall–Kier alpha value is -1.53. The Kier molecular flexibility index (Phi) is 3.70. The van der Waals surface area contributed by atoms with Crippen molar-refractivity contribution in [3.63, 3.8) is 0 Å². The maximum absolute atomic E-state index is 4.67. The van der Waals surface area contributed by atoms with Crippen LogP contribution in [-0.4, -0.2) is 33.4 Å². The van der Waals surface area contributed by atoms with Crippen LogP contribution < -0.4 is 5.32 Å². The number of thiazole rings is 1. The van der Waals surface area contributed by atoms with Crippen molar-refractivity contribution >= 4 is 22.4 Å². The molecule has 0 bridgehead atoms. The third-order valence-electron chi connectivity index (χ3n) is 3.42. The second kappa shape index (κ2) is 5.63. The second-order valence-electron chi connectivity index (χ2n) is 4.77. The van der Waals surface area contributed by atoms with Gasteiger partial charge in [0.15, 0.2) is 5.13 Å². The lowest BCUT2D eigenvalue weighted by Crippen LogP contribution is -2.29. The summed E-state index contributed by atoms with van der Waals surface area (Å²) in [6, 6.07) is 2.26. The fourth-order valence-corrected chi connectivity index (χ4v) is 3.16. The van der Waals surface area contributed by atoms with E-state index in [2.05, 4.69) is 37.6 Å². The van der Waals surface area contributed by atoms with E-state index >= 15 is 0 Å². The predicted molar refractivity (Wildman–Crippen MR) is 76.7 cm³/mol. The van der Waals surface area contributed by atoms with E-state index in [1.807, 2.05) is 0 Å². The Morgan fingerprint density at radius 3 is 2.95 bits per heavy atom. The van der Waals surface area contributed by atoms with Crippen LogP contribution in [0.15, 0.2) is 23.8 Å². The highest BCUT2D eigenvalue weighted by atomic mass is 32.1. The molecule has 1 N–H and O–H groups in total. The van der Waals surface area contributed by atoms with E-state index in [0.717, 1.165) is 17.4 Å². The van der Waals surface area contributed by atoms with Crippen LogP contribution in [-0.2, 0) is 0 Å². The van der Waals surface area contributed by atoms with E-state index in [9.17, 15) is 0 Å². The van der Waals surface area contributed by atoms with Crippen LogP contribution in [0.2, 0.25) is 0 Å². The summed E-state index contributed by atoms with van der Waals surface area (Å²) in [7, 11) is 2.18. The Labute approximate surface area is 116 Å². The summed E-state index contributed by atoms with van der Waals surface area (Å²) < 4.78 is 0. The molecule has 2 aromatic rings. The summed E-state index contributed by atoms with van der Waals surface area (Å²) in [6.45, 7) is 1.16. The highest BCUT2D eigenvalue weighted by Crippen LogP contribution is 2.31. The van der Waals surface area contributed by atoms with E-state index in [-0.39, 0.29) is 0 Å². The highest BCUT2D eigenvalue weighted by Gasteiger charge is 2.22. The van der Waals surface area contributed by atoms with Crippen molar-refractivity contribution in [2.45, 2.75) is 25.3 Å². The molecule has 1 fully saturated rings. The van der Waals surface area contributed by atoms with Crippen molar-refractivity contribution in [1.29, 1.82) is 0 Å². The molecular formula is C13H17N5S. The van der Waals surface area contributed by atoms with Gasteiger partial charge in [-0.15, -0.1) is 11.3 Å². The highest BCUT2D eigenvalue weighted by molar-refractivity contribution is 7.13. The quantitative estimate of drug-likeness (QED) is 0.933. The first kappa shape index (κ1) is 12.5. The SMILES string of the molecule is CN1CCCCC1c1csc(Nc2ncccn2)n1. The molecule has 0 spiro atoms. The van der Waals surface area contributed by atoms with Crippen molar-refractivity contribution < 1.29 is 0 Å². The van der Waals surface area contributed by atoms with Crippen molar-refractivity contribution in [3.05, 3.63) is 29.5 Å². The first-order valence-corrected chi connectivity index (χ1v) is 7.40. The number of hydrogen-bond acceptors (Lipinski definition) is 6. The summed E-state index contributed by atoms with van der Waals surface area (Å²) in [5.74, 6) is 0.598. The molecule has 6 heteroatoms. The number of anilines is 2. The van der Waals surface area contributed by atoms with Crippen LogP contribution in [0.1, 0.15) is 31.0 Å². The molecule has 5 nitrogen and oxygen atoms in total. The Morgan fingerprint density at radius 2 is 2.16 bits per heavy atom. The van der Waals surface area contributed by atoms with Crippen LogP contribution >= 0.6 is 11.3 Å². The largest absolute Gasteiger partial charge is 0.300 e. The van der Waals surface area contributed by atoms with E-state index in [4.69, 9.17) is 0 Å². The molecule has 0 saturated carbocycles. The smallest absolute Gasteiger partial charge is 0.228 e. The third kappa shape index (κ3) is 2.90. The van der Waals surface area contributed by atoms with Crippen molar-refractivity contribution in [2.75, 3.05) is 18.9 Å². The van der Waals surface area contributed by atoms with Gasteiger partial charge in [0.25, 0.3) is 0 Å². The van der Waals surface area contributed by atoms with Gasteiger partial charge in [0.1, 0.15) is 0 Å². The van der Waals surface area contributed by atoms with Gasteiger partial charge in [-0.25, -0.2) is 15.0 Å². The monoisotopic (exact) mass is 275 g/mol. The summed E-state index contributed by atoms with van der Waals surface area (Å²) in [4.78, 5) is 15.3. The molecule has 0 aromatic carbocycles. The molecule has 3 rings (SSSR count). The van der Waals surface area contributed by atoms with Crippen molar-refractivity contribution in [2.24, 2.45) is 0 Å². The number of hydrogen-bond donors (Lipinski definition) is 1. The molecule has 2 aromatic heterocycles. The lowest BCUT2D eigenvalue weighted by molar-refractivity contribution is 0.184. The zero-order valence-corrected chi connectivity index (χ0v) is 11.7. The van der Waals surface area contributed by atoms with E-state index < -0.39 is 0 Å². The van der Waals surface area contributed by atoms with Gasteiger partial charge in [-0.1, -0.05) is 6.42 Å². The minimum Gasteiger partial charge on any atom is -0.300 e. The molecule has 1 unspecified atom stereocenters. The van der Waals surface area contributed by atoms with E-state index in [1.165, 1.54) is 19.3 Å². The van der Waals surface area contributed by atoms with Gasteiger partial charge in [-0.3, -0.25) is 4.90 Å². The van der Waals surface area contributed by atoms with Crippen LogP contribution in [0, 0.1) is 0 Å². The molecule has 100 valence electrons. The number of likely N-dealkylation sites (tertiary alicyclic amines) is 1. The van der Waals surface area contributed by atoms with Crippen LogP contribution in [0.5, 0.6) is 0 Å². The number of rotatable bonds is 3. The first-order chi connectivity index (χ1) is 9.33. The zero-order valence-electron chi connectivity index (χ0n) is 10.9. The van der Waals surface area contributed by atoms with Crippen molar-refractivity contribution in [1.82, 2.24) is 19.9 Å². The van der Waals surface area contributed by atoms with E-state index in [1.54, 1.807) is 29.8 Å². The van der Waals surface area contributed by atoms with Crippen LogP contribution in [0.3, 0.4) is 0 Å².